The van der Waals surface area contributed by atoms with Crippen molar-refractivity contribution in [3.8, 4) is 0 Å². The van der Waals surface area contributed by atoms with Crippen LogP contribution in [0.25, 0.3) is 0 Å². The van der Waals surface area contributed by atoms with Gasteiger partial charge in [0.1, 0.15) is 0 Å². The van der Waals surface area contributed by atoms with E-state index in [2.05, 4.69) is 40.0 Å². The number of rotatable bonds is 6. The summed E-state index contributed by atoms with van der Waals surface area (Å²) in [5, 5.41) is 2.78. The average Bonchev–Trinajstić information content (AvgIpc) is 2.28. The van der Waals surface area contributed by atoms with Crippen LogP contribution in [0, 0.1) is 0 Å². The molecule has 1 amide bonds. The van der Waals surface area contributed by atoms with E-state index in [-0.39, 0.29) is 5.91 Å². The summed E-state index contributed by atoms with van der Waals surface area (Å²) in [5.74, 6) is 0.0801. The van der Waals surface area contributed by atoms with Crippen LogP contribution in [-0.4, -0.2) is 12.5 Å². The summed E-state index contributed by atoms with van der Waals surface area (Å²) in [5.41, 5.74) is 1.28. The first kappa shape index (κ1) is 13.0. The van der Waals surface area contributed by atoms with E-state index in [1.807, 2.05) is 18.2 Å². The lowest BCUT2D eigenvalue weighted by molar-refractivity contribution is -0.120. The van der Waals surface area contributed by atoms with Crippen molar-refractivity contribution in [1.29, 1.82) is 0 Å². The Morgan fingerprint density at radius 1 is 1.31 bits per heavy atom. The molecule has 1 N–H and O–H groups in total. The lowest BCUT2D eigenvalue weighted by Gasteiger charge is -2.04. The average molecular weight is 282 g/mol. The highest BCUT2D eigenvalue weighted by molar-refractivity contribution is 9.11. The van der Waals surface area contributed by atoms with Crippen molar-refractivity contribution in [2.45, 2.75) is 19.3 Å². The summed E-state index contributed by atoms with van der Waals surface area (Å²) < 4.78 is 0.795. The maximum absolute atomic E-state index is 11.4. The third kappa shape index (κ3) is 5.71. The summed E-state index contributed by atoms with van der Waals surface area (Å²) in [4.78, 5) is 11.4. The van der Waals surface area contributed by atoms with Crippen molar-refractivity contribution >= 4 is 21.8 Å². The predicted molar refractivity (Wildman–Crippen MR) is 70.5 cm³/mol. The third-order valence-electron chi connectivity index (χ3n) is 2.19. The van der Waals surface area contributed by atoms with Gasteiger partial charge in [-0.3, -0.25) is 4.79 Å². The van der Waals surface area contributed by atoms with Crippen molar-refractivity contribution in [2.24, 2.45) is 0 Å². The third-order valence-corrected chi connectivity index (χ3v) is 2.47. The molecule has 0 heterocycles. The standard InChI is InChI=1S/C13H16BrNO/c1-11(14)10-15-13(16)9-5-8-12-6-3-2-4-7-12/h2-4,6-7H,1,5,8-10H2,(H,15,16). The minimum Gasteiger partial charge on any atom is -0.352 e. The molecular formula is C13H16BrNO. The Bertz CT molecular complexity index is 348. The van der Waals surface area contributed by atoms with Gasteiger partial charge in [-0.2, -0.15) is 0 Å². The molecule has 0 atom stereocenters. The largest absolute Gasteiger partial charge is 0.352 e. The number of hydrogen-bond acceptors (Lipinski definition) is 1. The fourth-order valence-corrected chi connectivity index (χ4v) is 1.52. The molecule has 0 radical (unpaired) electrons. The number of halogens is 1. The van der Waals surface area contributed by atoms with Crippen molar-refractivity contribution in [3.63, 3.8) is 0 Å². The van der Waals surface area contributed by atoms with E-state index in [0.717, 1.165) is 17.3 Å². The highest BCUT2D eigenvalue weighted by Gasteiger charge is 2.00. The zero-order valence-electron chi connectivity index (χ0n) is 9.21. The van der Waals surface area contributed by atoms with Crippen LogP contribution < -0.4 is 5.32 Å². The van der Waals surface area contributed by atoms with E-state index in [0.29, 0.717) is 13.0 Å². The van der Waals surface area contributed by atoms with Crippen molar-refractivity contribution in [3.05, 3.63) is 47.0 Å². The Balaban J connectivity index is 2.16. The van der Waals surface area contributed by atoms with Crippen molar-refractivity contribution in [1.82, 2.24) is 5.32 Å². The Morgan fingerprint density at radius 3 is 2.62 bits per heavy atom. The number of benzene rings is 1. The van der Waals surface area contributed by atoms with E-state index in [4.69, 9.17) is 0 Å². The predicted octanol–water partition coefficient (Wildman–Crippen LogP) is 3.03. The molecule has 16 heavy (non-hydrogen) atoms. The van der Waals surface area contributed by atoms with Crippen LogP contribution in [0.5, 0.6) is 0 Å². The molecule has 0 aromatic heterocycles. The minimum atomic E-state index is 0.0801. The van der Waals surface area contributed by atoms with Crippen molar-refractivity contribution in [2.75, 3.05) is 6.54 Å². The molecule has 0 spiro atoms. The van der Waals surface area contributed by atoms with Crippen LogP contribution >= 0.6 is 15.9 Å². The van der Waals surface area contributed by atoms with Crippen LogP contribution in [0.1, 0.15) is 18.4 Å². The van der Waals surface area contributed by atoms with Gasteiger partial charge in [0.05, 0.1) is 0 Å². The Morgan fingerprint density at radius 2 is 2.00 bits per heavy atom. The van der Waals surface area contributed by atoms with Gasteiger partial charge in [-0.05, 0) is 18.4 Å². The normalized spacial score (nSPS) is 9.81. The number of carbonyl (C=O) groups is 1. The number of nitrogens with one attached hydrogen (secondary N) is 1. The second-order valence-corrected chi connectivity index (χ2v) is 4.75. The molecule has 0 bridgehead atoms. The van der Waals surface area contributed by atoms with Gasteiger partial charge >= 0.3 is 0 Å². The van der Waals surface area contributed by atoms with Gasteiger partial charge in [-0.15, -0.1) is 0 Å². The van der Waals surface area contributed by atoms with Gasteiger partial charge in [0, 0.05) is 17.4 Å². The first-order valence-corrected chi connectivity index (χ1v) is 6.11. The molecule has 3 heteroatoms. The molecule has 86 valence electrons. The fraction of sp³-hybridized carbons (Fsp3) is 0.308. The zero-order valence-corrected chi connectivity index (χ0v) is 10.8. The topological polar surface area (TPSA) is 29.1 Å². The monoisotopic (exact) mass is 281 g/mol. The summed E-state index contributed by atoms with van der Waals surface area (Å²) in [7, 11) is 0. The first-order chi connectivity index (χ1) is 7.68. The van der Waals surface area contributed by atoms with Crippen LogP contribution in [0.4, 0.5) is 0 Å². The molecule has 2 nitrogen and oxygen atoms in total. The molecule has 0 saturated carbocycles. The molecule has 1 aromatic rings. The second-order valence-electron chi connectivity index (χ2n) is 3.63. The van der Waals surface area contributed by atoms with Crippen LogP contribution in [0.15, 0.2) is 41.4 Å². The van der Waals surface area contributed by atoms with Crippen LogP contribution in [0.3, 0.4) is 0 Å². The van der Waals surface area contributed by atoms with E-state index in [9.17, 15) is 4.79 Å². The molecule has 0 fully saturated rings. The highest BCUT2D eigenvalue weighted by atomic mass is 79.9. The van der Waals surface area contributed by atoms with Gasteiger partial charge in [0.2, 0.25) is 5.91 Å². The quantitative estimate of drug-likeness (QED) is 0.853. The lowest BCUT2D eigenvalue weighted by Crippen LogP contribution is -2.24. The molecule has 0 saturated heterocycles. The van der Waals surface area contributed by atoms with E-state index in [1.165, 1.54) is 5.56 Å². The Hall–Kier alpha value is -1.09. The van der Waals surface area contributed by atoms with Crippen molar-refractivity contribution < 1.29 is 4.79 Å². The molecule has 0 aliphatic rings. The molecule has 1 aromatic carbocycles. The number of amides is 1. The summed E-state index contributed by atoms with van der Waals surface area (Å²) >= 11 is 3.20. The molecular weight excluding hydrogens is 266 g/mol. The fourth-order valence-electron chi connectivity index (χ4n) is 1.38. The first-order valence-electron chi connectivity index (χ1n) is 5.32. The maximum atomic E-state index is 11.4. The van der Waals surface area contributed by atoms with Crippen LogP contribution in [-0.2, 0) is 11.2 Å². The van der Waals surface area contributed by atoms with Gasteiger partial charge < -0.3 is 5.32 Å². The molecule has 0 aliphatic heterocycles. The van der Waals surface area contributed by atoms with E-state index < -0.39 is 0 Å². The van der Waals surface area contributed by atoms with Gasteiger partial charge in [0.15, 0.2) is 0 Å². The highest BCUT2D eigenvalue weighted by Crippen LogP contribution is 2.04. The van der Waals surface area contributed by atoms with Gasteiger partial charge in [-0.25, -0.2) is 0 Å². The number of aryl methyl sites for hydroxylation is 1. The summed E-state index contributed by atoms with van der Waals surface area (Å²) in [6.45, 7) is 4.16. The van der Waals surface area contributed by atoms with Gasteiger partial charge in [-0.1, -0.05) is 52.8 Å². The Labute approximate surface area is 105 Å². The smallest absolute Gasteiger partial charge is 0.220 e. The number of hydrogen-bond donors (Lipinski definition) is 1. The van der Waals surface area contributed by atoms with E-state index in [1.54, 1.807) is 0 Å². The van der Waals surface area contributed by atoms with E-state index >= 15 is 0 Å². The zero-order chi connectivity index (χ0) is 11.8. The molecule has 0 aliphatic carbocycles. The maximum Gasteiger partial charge on any atom is 0.220 e. The Kier molecular flexibility index (Phi) is 5.86. The molecule has 1 rings (SSSR count). The SMILES string of the molecule is C=C(Br)CNC(=O)CCCc1ccccc1. The molecule has 0 unspecified atom stereocenters. The summed E-state index contributed by atoms with van der Waals surface area (Å²) in [6, 6.07) is 10.2. The minimum absolute atomic E-state index is 0.0801. The second kappa shape index (κ2) is 7.23. The number of carbonyl (C=O) groups excluding carboxylic acids is 1. The van der Waals surface area contributed by atoms with Gasteiger partial charge in [0.25, 0.3) is 0 Å². The van der Waals surface area contributed by atoms with Crippen LogP contribution in [0.2, 0.25) is 0 Å². The summed E-state index contributed by atoms with van der Waals surface area (Å²) in [6.07, 6.45) is 2.39. The lowest BCUT2D eigenvalue weighted by atomic mass is 10.1.